The van der Waals surface area contributed by atoms with Crippen LogP contribution < -0.4 is 5.32 Å². The van der Waals surface area contributed by atoms with E-state index in [1.165, 1.54) is 0 Å². The van der Waals surface area contributed by atoms with Crippen LogP contribution in [0.25, 0.3) is 0 Å². The van der Waals surface area contributed by atoms with Crippen LogP contribution in [0.5, 0.6) is 0 Å². The number of amides is 1. The number of hydrogen-bond acceptors (Lipinski definition) is 3. The van der Waals surface area contributed by atoms with Crippen LogP contribution in [-0.4, -0.2) is 51.2 Å². The normalized spacial score (nSPS) is 17.7. The Morgan fingerprint density at radius 3 is 2.48 bits per heavy atom. The van der Waals surface area contributed by atoms with E-state index in [1.54, 1.807) is 0 Å². The summed E-state index contributed by atoms with van der Waals surface area (Å²) in [4.78, 5) is 14.8. The van der Waals surface area contributed by atoms with Gasteiger partial charge in [0, 0.05) is 31.3 Å². The second-order valence-corrected chi connectivity index (χ2v) is 6.20. The third-order valence-electron chi connectivity index (χ3n) is 4.02. The molecule has 0 saturated carbocycles. The Balaban J connectivity index is 2.16. The van der Waals surface area contributed by atoms with Gasteiger partial charge in [0.2, 0.25) is 5.91 Å². The minimum absolute atomic E-state index is 0.0926. The number of nitrogens with one attached hydrogen (secondary N) is 1. The quantitative estimate of drug-likeness (QED) is 0.905. The van der Waals surface area contributed by atoms with Gasteiger partial charge in [-0.2, -0.15) is 0 Å². The van der Waals surface area contributed by atoms with E-state index in [9.17, 15) is 4.79 Å². The van der Waals surface area contributed by atoms with Crippen molar-refractivity contribution < 1.29 is 9.53 Å². The Bertz CT molecular complexity index is 468. The fraction of sp³-hybridized carbons (Fsp3) is 0.562. The molecule has 0 spiro atoms. The van der Waals surface area contributed by atoms with E-state index in [2.05, 4.69) is 10.2 Å². The van der Waals surface area contributed by atoms with Crippen LogP contribution in [0.2, 0.25) is 5.02 Å². The highest BCUT2D eigenvalue weighted by Gasteiger charge is 2.41. The number of hydrogen-bond donors (Lipinski definition) is 1. The molecule has 0 aliphatic carbocycles. The molecule has 1 amide bonds. The molecular formula is C16H23ClN2O2. The molecule has 1 aromatic carbocycles. The summed E-state index contributed by atoms with van der Waals surface area (Å²) in [5.41, 5.74) is 0.535. The smallest absolute Gasteiger partial charge is 0.230 e. The highest BCUT2D eigenvalue weighted by atomic mass is 35.5. The summed E-state index contributed by atoms with van der Waals surface area (Å²) in [5.74, 6) is 0.0926. The van der Waals surface area contributed by atoms with E-state index in [0.29, 0.717) is 37.6 Å². The zero-order valence-electron chi connectivity index (χ0n) is 12.7. The fourth-order valence-electron chi connectivity index (χ4n) is 2.70. The molecule has 21 heavy (non-hydrogen) atoms. The molecule has 2 rings (SSSR count). The lowest BCUT2D eigenvalue weighted by Crippen LogP contribution is -2.49. The number of carbonyl (C=O) groups is 1. The van der Waals surface area contributed by atoms with Gasteiger partial charge in [-0.05, 0) is 44.6 Å². The van der Waals surface area contributed by atoms with E-state index in [1.807, 2.05) is 38.4 Å². The van der Waals surface area contributed by atoms with Gasteiger partial charge in [-0.3, -0.25) is 4.79 Å². The number of ether oxygens (including phenoxy) is 1. The third kappa shape index (κ3) is 3.96. The van der Waals surface area contributed by atoms with Crippen LogP contribution in [0.4, 0.5) is 0 Å². The van der Waals surface area contributed by atoms with Gasteiger partial charge in [0.1, 0.15) is 0 Å². The standard InChI is InChI=1S/C16H23ClN2O2/c1-19(2)10-9-18-15(20)16(7-11-21-12-8-16)13-3-5-14(17)6-4-13/h3-6H,7-12H2,1-2H3,(H,18,20). The molecule has 0 radical (unpaired) electrons. The molecule has 1 aliphatic heterocycles. The minimum atomic E-state index is -0.491. The Labute approximate surface area is 131 Å². The zero-order chi connectivity index (χ0) is 15.3. The lowest BCUT2D eigenvalue weighted by molar-refractivity contribution is -0.130. The van der Waals surface area contributed by atoms with Gasteiger partial charge in [0.25, 0.3) is 0 Å². The molecule has 116 valence electrons. The van der Waals surface area contributed by atoms with Crippen LogP contribution in [0.15, 0.2) is 24.3 Å². The van der Waals surface area contributed by atoms with Crippen molar-refractivity contribution in [3.8, 4) is 0 Å². The Morgan fingerprint density at radius 2 is 1.90 bits per heavy atom. The first-order chi connectivity index (χ1) is 10.0. The van der Waals surface area contributed by atoms with Crippen molar-refractivity contribution in [2.75, 3.05) is 40.4 Å². The zero-order valence-corrected chi connectivity index (χ0v) is 13.4. The van der Waals surface area contributed by atoms with Crippen LogP contribution in [-0.2, 0) is 14.9 Å². The number of nitrogens with zero attached hydrogens (tertiary/aromatic N) is 1. The maximum absolute atomic E-state index is 12.8. The summed E-state index contributed by atoms with van der Waals surface area (Å²) in [6, 6.07) is 7.61. The Morgan fingerprint density at radius 1 is 1.29 bits per heavy atom. The predicted molar refractivity (Wildman–Crippen MR) is 84.7 cm³/mol. The first kappa shape index (κ1) is 16.3. The van der Waals surface area contributed by atoms with E-state index in [-0.39, 0.29) is 5.91 Å². The number of halogens is 1. The van der Waals surface area contributed by atoms with Gasteiger partial charge in [-0.15, -0.1) is 0 Å². The van der Waals surface area contributed by atoms with Crippen molar-refractivity contribution in [2.45, 2.75) is 18.3 Å². The molecule has 1 heterocycles. The number of rotatable bonds is 5. The molecule has 1 aromatic rings. The number of carbonyl (C=O) groups excluding carboxylic acids is 1. The van der Waals surface area contributed by atoms with Crippen LogP contribution in [0, 0.1) is 0 Å². The summed E-state index contributed by atoms with van der Waals surface area (Å²) < 4.78 is 5.45. The lowest BCUT2D eigenvalue weighted by Gasteiger charge is -2.36. The van der Waals surface area contributed by atoms with Crippen molar-refractivity contribution in [2.24, 2.45) is 0 Å². The molecule has 0 atom stereocenters. The third-order valence-corrected chi connectivity index (χ3v) is 4.27. The molecule has 1 fully saturated rings. The monoisotopic (exact) mass is 310 g/mol. The van der Waals surface area contributed by atoms with Crippen molar-refractivity contribution in [3.05, 3.63) is 34.9 Å². The summed E-state index contributed by atoms with van der Waals surface area (Å²) in [6.07, 6.45) is 1.42. The van der Waals surface area contributed by atoms with Gasteiger partial charge in [-0.25, -0.2) is 0 Å². The van der Waals surface area contributed by atoms with Crippen molar-refractivity contribution >= 4 is 17.5 Å². The molecule has 0 unspecified atom stereocenters. The van der Waals surface area contributed by atoms with E-state index in [4.69, 9.17) is 16.3 Å². The second kappa shape index (κ2) is 7.25. The van der Waals surface area contributed by atoms with Gasteiger partial charge in [-0.1, -0.05) is 23.7 Å². The lowest BCUT2D eigenvalue weighted by atomic mass is 9.73. The molecule has 0 aromatic heterocycles. The first-order valence-electron chi connectivity index (χ1n) is 7.31. The average Bonchev–Trinajstić information content (AvgIpc) is 2.48. The SMILES string of the molecule is CN(C)CCNC(=O)C1(c2ccc(Cl)cc2)CCOCC1. The van der Waals surface area contributed by atoms with Crippen molar-refractivity contribution in [1.29, 1.82) is 0 Å². The molecule has 5 heteroatoms. The van der Waals surface area contributed by atoms with Crippen LogP contribution in [0.1, 0.15) is 18.4 Å². The Hall–Kier alpha value is -1.10. The van der Waals surface area contributed by atoms with Gasteiger partial charge in [0.15, 0.2) is 0 Å². The van der Waals surface area contributed by atoms with Crippen molar-refractivity contribution in [1.82, 2.24) is 10.2 Å². The van der Waals surface area contributed by atoms with Gasteiger partial charge >= 0.3 is 0 Å². The first-order valence-corrected chi connectivity index (χ1v) is 7.69. The summed E-state index contributed by atoms with van der Waals surface area (Å²) in [6.45, 7) is 2.72. The van der Waals surface area contributed by atoms with Crippen LogP contribution in [0.3, 0.4) is 0 Å². The Kier molecular flexibility index (Phi) is 5.62. The molecule has 1 N–H and O–H groups in total. The maximum atomic E-state index is 12.8. The van der Waals surface area contributed by atoms with E-state index >= 15 is 0 Å². The highest BCUT2D eigenvalue weighted by Crippen LogP contribution is 2.35. The predicted octanol–water partition coefficient (Wildman–Crippen LogP) is 2.07. The van der Waals surface area contributed by atoms with E-state index in [0.717, 1.165) is 12.1 Å². The molecule has 1 saturated heterocycles. The average molecular weight is 311 g/mol. The number of benzene rings is 1. The minimum Gasteiger partial charge on any atom is -0.381 e. The molecule has 1 aliphatic rings. The summed E-state index contributed by atoms with van der Waals surface area (Å²) in [5, 5.41) is 3.76. The summed E-state index contributed by atoms with van der Waals surface area (Å²) >= 11 is 5.96. The van der Waals surface area contributed by atoms with Gasteiger partial charge in [0.05, 0.1) is 5.41 Å². The van der Waals surface area contributed by atoms with Gasteiger partial charge < -0.3 is 15.0 Å². The molecular weight excluding hydrogens is 288 g/mol. The topological polar surface area (TPSA) is 41.6 Å². The van der Waals surface area contributed by atoms with E-state index < -0.39 is 5.41 Å². The second-order valence-electron chi connectivity index (χ2n) is 5.76. The summed E-state index contributed by atoms with van der Waals surface area (Å²) in [7, 11) is 3.99. The van der Waals surface area contributed by atoms with Crippen LogP contribution >= 0.6 is 11.6 Å². The maximum Gasteiger partial charge on any atom is 0.230 e. The largest absolute Gasteiger partial charge is 0.381 e. The molecule has 4 nitrogen and oxygen atoms in total. The molecule has 0 bridgehead atoms. The highest BCUT2D eigenvalue weighted by molar-refractivity contribution is 6.30. The fourth-order valence-corrected chi connectivity index (χ4v) is 2.82. The number of likely N-dealkylation sites (N-methyl/N-ethyl adjacent to an activating group) is 1. The van der Waals surface area contributed by atoms with Crippen molar-refractivity contribution in [3.63, 3.8) is 0 Å².